The van der Waals surface area contributed by atoms with Gasteiger partial charge in [-0.15, -0.1) is 0 Å². The van der Waals surface area contributed by atoms with E-state index in [4.69, 9.17) is 18.9 Å². The van der Waals surface area contributed by atoms with Crippen molar-refractivity contribution < 1.29 is 28.5 Å². The molecule has 0 atom stereocenters. The van der Waals surface area contributed by atoms with E-state index in [1.165, 1.54) is 0 Å². The van der Waals surface area contributed by atoms with Crippen LogP contribution >= 0.6 is 0 Å². The van der Waals surface area contributed by atoms with Crippen molar-refractivity contribution in [3.63, 3.8) is 0 Å². The SMILES string of the molecule is COc1ccc2c(c1)C(=O)N(CC1CCN(C(=O)OC(C)(C)C)CC1)CCCNCCOCCO2. The average molecular weight is 492 g/mol. The standard InChI is InChI=1S/C26H41N3O6/c1-26(2,3)35-25(31)28-13-8-20(9-14-28)19-29-12-5-10-27-11-15-33-16-17-34-23-7-6-21(32-4)18-22(23)24(29)30/h6-7,18,20,27H,5,8-17,19H2,1-4H3. The molecule has 0 unspecified atom stereocenters. The quantitative estimate of drug-likeness (QED) is 0.695. The second-order valence-corrected chi connectivity index (χ2v) is 10.1. The lowest BCUT2D eigenvalue weighted by molar-refractivity contribution is 0.0166. The van der Waals surface area contributed by atoms with Gasteiger partial charge in [0.25, 0.3) is 5.91 Å². The fourth-order valence-electron chi connectivity index (χ4n) is 4.29. The lowest BCUT2D eigenvalue weighted by Crippen LogP contribution is -2.45. The predicted octanol–water partition coefficient (Wildman–Crippen LogP) is 3.17. The van der Waals surface area contributed by atoms with Gasteiger partial charge < -0.3 is 34.1 Å². The summed E-state index contributed by atoms with van der Waals surface area (Å²) in [6, 6.07) is 5.34. The van der Waals surface area contributed by atoms with Crippen LogP contribution < -0.4 is 14.8 Å². The normalized spacial score (nSPS) is 19.4. The Balaban J connectivity index is 1.70. The lowest BCUT2D eigenvalue weighted by Gasteiger charge is -2.36. The third kappa shape index (κ3) is 8.58. The number of fused-ring (bicyclic) bond motifs is 1. The highest BCUT2D eigenvalue weighted by Gasteiger charge is 2.29. The monoisotopic (exact) mass is 491 g/mol. The molecule has 0 bridgehead atoms. The van der Waals surface area contributed by atoms with E-state index in [0.29, 0.717) is 69.0 Å². The topological polar surface area (TPSA) is 89.6 Å². The van der Waals surface area contributed by atoms with Crippen molar-refractivity contribution in [2.75, 3.05) is 66.2 Å². The van der Waals surface area contributed by atoms with Crippen LogP contribution in [0.5, 0.6) is 11.5 Å². The molecule has 0 aliphatic carbocycles. The number of rotatable bonds is 3. The zero-order valence-corrected chi connectivity index (χ0v) is 21.6. The maximum absolute atomic E-state index is 13.7. The van der Waals surface area contributed by atoms with Crippen molar-refractivity contribution >= 4 is 12.0 Å². The summed E-state index contributed by atoms with van der Waals surface area (Å²) in [6.07, 6.45) is 2.24. The highest BCUT2D eigenvalue weighted by molar-refractivity contribution is 5.97. The molecule has 2 aliphatic heterocycles. The van der Waals surface area contributed by atoms with Crippen LogP contribution in [-0.2, 0) is 9.47 Å². The number of ether oxygens (including phenoxy) is 4. The van der Waals surface area contributed by atoms with Gasteiger partial charge in [-0.3, -0.25) is 4.79 Å². The number of hydrogen-bond donors (Lipinski definition) is 1. The molecule has 1 aromatic carbocycles. The van der Waals surface area contributed by atoms with Crippen molar-refractivity contribution in [1.29, 1.82) is 0 Å². The zero-order valence-electron chi connectivity index (χ0n) is 21.6. The zero-order chi connectivity index (χ0) is 25.3. The van der Waals surface area contributed by atoms with E-state index in [0.717, 1.165) is 32.4 Å². The Kier molecular flexibility index (Phi) is 10.0. The van der Waals surface area contributed by atoms with Gasteiger partial charge in [0.05, 0.1) is 25.9 Å². The molecule has 35 heavy (non-hydrogen) atoms. The molecule has 1 fully saturated rings. The largest absolute Gasteiger partial charge is 0.497 e. The maximum Gasteiger partial charge on any atom is 0.410 e. The van der Waals surface area contributed by atoms with Gasteiger partial charge in [-0.1, -0.05) is 0 Å². The van der Waals surface area contributed by atoms with Gasteiger partial charge in [-0.25, -0.2) is 4.79 Å². The Morgan fingerprint density at radius 2 is 1.89 bits per heavy atom. The number of piperidine rings is 1. The van der Waals surface area contributed by atoms with E-state index in [1.807, 2.05) is 25.7 Å². The number of amides is 2. The van der Waals surface area contributed by atoms with E-state index in [1.54, 1.807) is 30.2 Å². The molecule has 2 aliphatic rings. The van der Waals surface area contributed by atoms with Crippen LogP contribution in [0, 0.1) is 5.92 Å². The van der Waals surface area contributed by atoms with E-state index in [2.05, 4.69) is 5.32 Å². The van der Waals surface area contributed by atoms with Gasteiger partial charge in [0.1, 0.15) is 23.7 Å². The molecule has 1 N–H and O–H groups in total. The Bertz CT molecular complexity index is 833. The first kappa shape index (κ1) is 27.1. The van der Waals surface area contributed by atoms with Crippen LogP contribution in [0.3, 0.4) is 0 Å². The maximum atomic E-state index is 13.7. The first-order chi connectivity index (χ1) is 16.8. The van der Waals surface area contributed by atoms with Crippen LogP contribution in [-0.4, -0.2) is 93.6 Å². The highest BCUT2D eigenvalue weighted by atomic mass is 16.6. The van der Waals surface area contributed by atoms with Gasteiger partial charge in [0.2, 0.25) is 0 Å². The molecule has 2 heterocycles. The number of likely N-dealkylation sites (tertiary alicyclic amines) is 1. The number of nitrogens with zero attached hydrogens (tertiary/aromatic N) is 2. The van der Waals surface area contributed by atoms with Gasteiger partial charge in [-0.2, -0.15) is 0 Å². The van der Waals surface area contributed by atoms with Gasteiger partial charge in [-0.05, 0) is 70.7 Å². The second-order valence-electron chi connectivity index (χ2n) is 10.1. The van der Waals surface area contributed by atoms with Gasteiger partial charge in [0.15, 0.2) is 0 Å². The summed E-state index contributed by atoms with van der Waals surface area (Å²) in [5.74, 6) is 1.41. The third-order valence-corrected chi connectivity index (χ3v) is 6.14. The summed E-state index contributed by atoms with van der Waals surface area (Å²) < 4.78 is 22.4. The minimum Gasteiger partial charge on any atom is -0.497 e. The number of nitrogens with one attached hydrogen (secondary N) is 1. The van der Waals surface area contributed by atoms with E-state index in [-0.39, 0.29) is 12.0 Å². The summed E-state index contributed by atoms with van der Waals surface area (Å²) in [5, 5.41) is 3.37. The molecule has 9 nitrogen and oxygen atoms in total. The van der Waals surface area contributed by atoms with Crippen molar-refractivity contribution in [2.24, 2.45) is 5.92 Å². The Labute approximate surface area is 209 Å². The number of carbonyl (C=O) groups excluding carboxylic acids is 2. The Morgan fingerprint density at radius 1 is 1.11 bits per heavy atom. The highest BCUT2D eigenvalue weighted by Crippen LogP contribution is 2.27. The molecule has 1 saturated heterocycles. The number of carbonyl (C=O) groups is 2. The fraction of sp³-hybridized carbons (Fsp3) is 0.692. The van der Waals surface area contributed by atoms with Crippen LogP contribution in [0.15, 0.2) is 18.2 Å². The van der Waals surface area contributed by atoms with Crippen LogP contribution in [0.2, 0.25) is 0 Å². The summed E-state index contributed by atoms with van der Waals surface area (Å²) in [5.41, 5.74) is -0.00513. The van der Waals surface area contributed by atoms with Gasteiger partial charge >= 0.3 is 6.09 Å². The molecule has 0 spiro atoms. The van der Waals surface area contributed by atoms with Gasteiger partial charge in [0, 0.05) is 32.7 Å². The molecule has 3 rings (SSSR count). The minimum absolute atomic E-state index is 0.0635. The first-order valence-electron chi connectivity index (χ1n) is 12.6. The lowest BCUT2D eigenvalue weighted by atomic mass is 9.96. The molecule has 196 valence electrons. The van der Waals surface area contributed by atoms with Crippen LogP contribution in [0.1, 0.15) is 50.4 Å². The Hall–Kier alpha value is -2.52. The summed E-state index contributed by atoms with van der Waals surface area (Å²) in [7, 11) is 1.59. The number of hydrogen-bond acceptors (Lipinski definition) is 7. The Morgan fingerprint density at radius 3 is 2.60 bits per heavy atom. The molecule has 9 heteroatoms. The molecule has 0 saturated carbocycles. The molecule has 2 amide bonds. The van der Waals surface area contributed by atoms with E-state index >= 15 is 0 Å². The molecule has 0 radical (unpaired) electrons. The molecule has 1 aromatic rings. The van der Waals surface area contributed by atoms with Crippen molar-refractivity contribution in [3.05, 3.63) is 23.8 Å². The second kappa shape index (κ2) is 13.0. The minimum atomic E-state index is -0.506. The molecular weight excluding hydrogens is 450 g/mol. The van der Waals surface area contributed by atoms with Crippen LogP contribution in [0.25, 0.3) is 0 Å². The number of benzene rings is 1. The number of methoxy groups -OCH3 is 1. The van der Waals surface area contributed by atoms with Crippen LogP contribution in [0.4, 0.5) is 4.79 Å². The van der Waals surface area contributed by atoms with Crippen molar-refractivity contribution in [1.82, 2.24) is 15.1 Å². The third-order valence-electron chi connectivity index (χ3n) is 6.14. The van der Waals surface area contributed by atoms with Crippen molar-refractivity contribution in [2.45, 2.75) is 45.6 Å². The van der Waals surface area contributed by atoms with Crippen molar-refractivity contribution in [3.8, 4) is 11.5 Å². The summed E-state index contributed by atoms with van der Waals surface area (Å²) in [6.45, 7) is 11.2. The average Bonchev–Trinajstić information content (AvgIpc) is 2.83. The first-order valence-corrected chi connectivity index (χ1v) is 12.6. The van der Waals surface area contributed by atoms with E-state index < -0.39 is 5.60 Å². The summed E-state index contributed by atoms with van der Waals surface area (Å²) in [4.78, 5) is 29.9. The fourth-order valence-corrected chi connectivity index (χ4v) is 4.29. The molecule has 0 aromatic heterocycles. The summed E-state index contributed by atoms with van der Waals surface area (Å²) >= 11 is 0. The molecular formula is C26H41N3O6. The smallest absolute Gasteiger partial charge is 0.410 e. The predicted molar refractivity (Wildman–Crippen MR) is 133 cm³/mol. The van der Waals surface area contributed by atoms with E-state index in [9.17, 15) is 9.59 Å².